The molecule has 0 spiro atoms. The highest BCUT2D eigenvalue weighted by Gasteiger charge is 2.18. The number of benzene rings is 2. The Bertz CT molecular complexity index is 1110. The van der Waals surface area contributed by atoms with Gasteiger partial charge in [-0.15, -0.1) is 21.5 Å². The fourth-order valence-corrected chi connectivity index (χ4v) is 4.65. The van der Waals surface area contributed by atoms with E-state index in [4.69, 9.17) is 0 Å². The number of para-hydroxylation sites is 1. The van der Waals surface area contributed by atoms with E-state index in [0.29, 0.717) is 5.03 Å². The maximum Gasteiger partial charge on any atom is 0.237 e. The van der Waals surface area contributed by atoms with Crippen LogP contribution in [0.4, 0.5) is 5.69 Å². The molecule has 0 atom stereocenters. The summed E-state index contributed by atoms with van der Waals surface area (Å²) in [4.78, 5) is 18.9. The Kier molecular flexibility index (Phi) is 5.36. The van der Waals surface area contributed by atoms with Crippen molar-refractivity contribution in [1.82, 2.24) is 15.2 Å². The summed E-state index contributed by atoms with van der Waals surface area (Å²) in [6.45, 7) is 1.97. The van der Waals surface area contributed by atoms with E-state index in [2.05, 4.69) is 15.2 Å². The molecule has 7 heteroatoms. The first-order valence-electron chi connectivity index (χ1n) is 8.77. The Balaban J connectivity index is 1.59. The van der Waals surface area contributed by atoms with E-state index in [0.717, 1.165) is 32.2 Å². The van der Waals surface area contributed by atoms with Gasteiger partial charge in [-0.05, 0) is 19.1 Å². The molecule has 0 aliphatic heterocycles. The van der Waals surface area contributed by atoms with Gasteiger partial charge in [0.15, 0.2) is 0 Å². The molecule has 0 saturated heterocycles. The Morgan fingerprint density at radius 3 is 2.43 bits per heavy atom. The maximum absolute atomic E-state index is 12.6. The van der Waals surface area contributed by atoms with Gasteiger partial charge >= 0.3 is 0 Å². The number of thiazole rings is 1. The topological polar surface area (TPSA) is 59.0 Å². The molecule has 140 valence electrons. The highest BCUT2D eigenvalue weighted by molar-refractivity contribution is 8.00. The van der Waals surface area contributed by atoms with Crippen molar-refractivity contribution in [3.63, 3.8) is 0 Å². The summed E-state index contributed by atoms with van der Waals surface area (Å²) < 4.78 is 1.00. The minimum absolute atomic E-state index is 0.00485. The number of amides is 1. The van der Waals surface area contributed by atoms with Crippen LogP contribution in [0.25, 0.3) is 21.5 Å². The van der Waals surface area contributed by atoms with E-state index in [1.165, 1.54) is 11.8 Å². The lowest BCUT2D eigenvalue weighted by atomic mass is 10.1. The number of fused-ring (bicyclic) bond motifs is 1. The lowest BCUT2D eigenvalue weighted by Crippen LogP contribution is -2.27. The van der Waals surface area contributed by atoms with E-state index in [-0.39, 0.29) is 11.7 Å². The molecular weight excluding hydrogens is 388 g/mol. The van der Waals surface area contributed by atoms with E-state index in [1.54, 1.807) is 23.3 Å². The number of nitrogens with zero attached hydrogens (tertiary/aromatic N) is 4. The Labute approximate surface area is 171 Å². The van der Waals surface area contributed by atoms with Crippen molar-refractivity contribution >= 4 is 44.9 Å². The van der Waals surface area contributed by atoms with Crippen LogP contribution >= 0.6 is 23.1 Å². The van der Waals surface area contributed by atoms with Crippen molar-refractivity contribution in [1.29, 1.82) is 0 Å². The van der Waals surface area contributed by atoms with Gasteiger partial charge in [0.1, 0.15) is 16.2 Å². The molecule has 1 amide bonds. The Morgan fingerprint density at radius 2 is 1.71 bits per heavy atom. The highest BCUT2D eigenvalue weighted by atomic mass is 32.2. The Morgan fingerprint density at radius 1 is 1.04 bits per heavy atom. The number of thioether (sulfide) groups is 1. The third-order valence-electron chi connectivity index (χ3n) is 4.29. The van der Waals surface area contributed by atoms with Gasteiger partial charge in [-0.1, -0.05) is 60.3 Å². The molecule has 5 nitrogen and oxygen atoms in total. The van der Waals surface area contributed by atoms with Crippen molar-refractivity contribution in [3.05, 3.63) is 65.7 Å². The molecule has 0 unspecified atom stereocenters. The van der Waals surface area contributed by atoms with Crippen molar-refractivity contribution < 1.29 is 4.79 Å². The van der Waals surface area contributed by atoms with Crippen LogP contribution in [0, 0.1) is 6.92 Å². The molecule has 4 rings (SSSR count). The molecule has 0 bridgehead atoms. The molecule has 0 N–H and O–H groups in total. The van der Waals surface area contributed by atoms with Gasteiger partial charge in [0.25, 0.3) is 0 Å². The second kappa shape index (κ2) is 8.08. The summed E-state index contributed by atoms with van der Waals surface area (Å²) in [5, 5.41) is 10.5. The third kappa shape index (κ3) is 3.76. The molecule has 2 aromatic carbocycles. The van der Waals surface area contributed by atoms with Crippen LogP contribution in [0.3, 0.4) is 0 Å². The highest BCUT2D eigenvalue weighted by Crippen LogP contribution is 2.35. The van der Waals surface area contributed by atoms with Gasteiger partial charge in [0.05, 0.1) is 15.5 Å². The quantitative estimate of drug-likeness (QED) is 0.445. The van der Waals surface area contributed by atoms with Gasteiger partial charge < -0.3 is 4.90 Å². The van der Waals surface area contributed by atoms with E-state index >= 15 is 0 Å². The van der Waals surface area contributed by atoms with Crippen LogP contribution in [0.15, 0.2) is 65.7 Å². The summed E-state index contributed by atoms with van der Waals surface area (Å²) >= 11 is 2.98. The van der Waals surface area contributed by atoms with Crippen molar-refractivity contribution in [2.45, 2.75) is 11.9 Å². The molecular formula is C21H18N4OS2. The van der Waals surface area contributed by atoms with Gasteiger partial charge in [0, 0.05) is 18.3 Å². The summed E-state index contributed by atoms with van der Waals surface area (Å²) in [5.74, 6) is 0.279. The molecule has 2 heterocycles. The van der Waals surface area contributed by atoms with Crippen LogP contribution in [0.2, 0.25) is 0 Å². The summed E-state index contributed by atoms with van der Waals surface area (Å²) in [6.07, 6.45) is 0. The average molecular weight is 407 g/mol. The second-order valence-corrected chi connectivity index (χ2v) is 8.37. The van der Waals surface area contributed by atoms with Crippen LogP contribution in [-0.2, 0) is 4.79 Å². The SMILES string of the molecule is Cc1nc2c(SCC(=O)N(C)c3ccccc3)nnc(-c3ccccc3)c2s1. The number of carbonyl (C=O) groups excluding carboxylic acids is 1. The molecule has 2 aromatic heterocycles. The molecule has 0 aliphatic rings. The van der Waals surface area contributed by atoms with E-state index < -0.39 is 0 Å². The molecule has 0 radical (unpaired) electrons. The maximum atomic E-state index is 12.6. The van der Waals surface area contributed by atoms with Crippen LogP contribution in [0.1, 0.15) is 5.01 Å². The fraction of sp³-hybridized carbons (Fsp3) is 0.143. The first-order chi connectivity index (χ1) is 13.6. The van der Waals surface area contributed by atoms with Crippen LogP contribution in [0.5, 0.6) is 0 Å². The number of aryl methyl sites for hydroxylation is 1. The van der Waals surface area contributed by atoms with Crippen molar-refractivity contribution in [2.24, 2.45) is 0 Å². The molecule has 4 aromatic rings. The lowest BCUT2D eigenvalue weighted by Gasteiger charge is -2.16. The Hall–Kier alpha value is -2.77. The monoisotopic (exact) mass is 406 g/mol. The number of aromatic nitrogens is 3. The standard InChI is InChI=1S/C21H18N4OS2/c1-14-22-19-20(28-14)18(15-9-5-3-6-10-15)23-24-21(19)27-13-17(26)25(2)16-11-7-4-8-12-16/h3-12H,13H2,1-2H3. The predicted molar refractivity (Wildman–Crippen MR) is 116 cm³/mol. The first-order valence-corrected chi connectivity index (χ1v) is 10.6. The number of carbonyl (C=O) groups is 1. The van der Waals surface area contributed by atoms with Gasteiger partial charge in [-0.2, -0.15) is 0 Å². The molecule has 0 saturated carbocycles. The van der Waals surface area contributed by atoms with Crippen LogP contribution < -0.4 is 4.90 Å². The predicted octanol–water partition coefficient (Wildman–Crippen LogP) is 4.82. The molecule has 28 heavy (non-hydrogen) atoms. The molecule has 0 fully saturated rings. The third-order valence-corrected chi connectivity index (χ3v) is 6.21. The molecule has 0 aliphatic carbocycles. The minimum Gasteiger partial charge on any atom is -0.315 e. The van der Waals surface area contributed by atoms with Crippen LogP contribution in [-0.4, -0.2) is 33.9 Å². The largest absolute Gasteiger partial charge is 0.315 e. The average Bonchev–Trinajstić information content (AvgIpc) is 3.14. The zero-order valence-corrected chi connectivity index (χ0v) is 17.1. The number of hydrogen-bond donors (Lipinski definition) is 0. The zero-order valence-electron chi connectivity index (χ0n) is 15.5. The summed E-state index contributed by atoms with van der Waals surface area (Å²) in [7, 11) is 1.78. The number of hydrogen-bond acceptors (Lipinski definition) is 6. The van der Waals surface area contributed by atoms with E-state index in [9.17, 15) is 4.79 Å². The van der Waals surface area contributed by atoms with E-state index in [1.807, 2.05) is 67.6 Å². The minimum atomic E-state index is 0.00485. The van der Waals surface area contributed by atoms with Gasteiger partial charge in [-0.25, -0.2) is 4.98 Å². The number of rotatable bonds is 5. The summed E-state index contributed by atoms with van der Waals surface area (Å²) in [5.41, 5.74) is 3.53. The van der Waals surface area contributed by atoms with Crippen molar-refractivity contribution in [2.75, 3.05) is 17.7 Å². The normalized spacial score (nSPS) is 10.9. The zero-order chi connectivity index (χ0) is 19.5. The summed E-state index contributed by atoms with van der Waals surface area (Å²) in [6, 6.07) is 19.6. The van der Waals surface area contributed by atoms with Gasteiger partial charge in [0.2, 0.25) is 5.91 Å². The number of anilines is 1. The first kappa shape index (κ1) is 18.6. The van der Waals surface area contributed by atoms with Crippen molar-refractivity contribution in [3.8, 4) is 11.3 Å². The smallest absolute Gasteiger partial charge is 0.237 e. The fourth-order valence-electron chi connectivity index (χ4n) is 2.83. The lowest BCUT2D eigenvalue weighted by molar-refractivity contribution is -0.115. The van der Waals surface area contributed by atoms with Gasteiger partial charge in [-0.3, -0.25) is 4.79 Å². The second-order valence-electron chi connectivity index (χ2n) is 6.21.